The average Bonchev–Trinajstić information content (AvgIpc) is 1.54. The van der Waals surface area contributed by atoms with Crippen molar-refractivity contribution in [2.45, 2.75) is 5.41 Å². The largest absolute Gasteiger partial charge is 0.458 e. The Morgan fingerprint density at radius 2 is 0.581 bits per heavy atom. The molecule has 18 aromatic rings. The number of nitrogens with zero attached hydrogens (tertiary/aromatic N) is 4. The van der Waals surface area contributed by atoms with Gasteiger partial charge in [0.2, 0.25) is 0 Å². The van der Waals surface area contributed by atoms with Crippen LogP contribution in [0, 0.1) is 0 Å². The topological polar surface area (TPSA) is 38.2 Å². The number of rotatable bonds is 2. The first-order chi connectivity index (χ1) is 46.2. The molecule has 4 aliphatic heterocycles. The average molecular weight is 1180 g/mol. The van der Waals surface area contributed by atoms with Gasteiger partial charge >= 0.3 is 0 Å². The molecule has 424 valence electrons. The molecular weight excluding hydrogens is 1130 g/mol. The molecule has 0 unspecified atom stereocenters. The van der Waals surface area contributed by atoms with E-state index in [-0.39, 0.29) is 13.4 Å². The fraction of sp³-hybridized carbons (Fsp3) is 0.0118. The summed E-state index contributed by atoms with van der Waals surface area (Å²) in [5.41, 5.74) is 30.5. The van der Waals surface area contributed by atoms with Crippen molar-refractivity contribution in [2.75, 3.05) is 0 Å². The maximum absolute atomic E-state index is 7.78. The van der Waals surface area contributed by atoms with E-state index in [1.165, 1.54) is 142 Å². The Labute approximate surface area is 532 Å². The zero-order valence-corrected chi connectivity index (χ0v) is 49.8. The van der Waals surface area contributed by atoms with E-state index in [0.717, 1.165) is 67.8 Å². The van der Waals surface area contributed by atoms with Crippen LogP contribution in [-0.2, 0) is 5.41 Å². The number of hydrogen-bond acceptors (Lipinski definition) is 2. The molecule has 8 heteroatoms. The van der Waals surface area contributed by atoms with Gasteiger partial charge in [0.25, 0.3) is 13.4 Å². The Hall–Kier alpha value is -12.0. The van der Waals surface area contributed by atoms with Gasteiger partial charge in [0.05, 0.1) is 49.9 Å². The second kappa shape index (κ2) is 16.5. The van der Waals surface area contributed by atoms with Crippen LogP contribution in [0.25, 0.3) is 132 Å². The van der Waals surface area contributed by atoms with E-state index in [1.54, 1.807) is 0 Å². The summed E-state index contributed by atoms with van der Waals surface area (Å²) in [6, 6.07) is 105. The summed E-state index contributed by atoms with van der Waals surface area (Å²) in [6.07, 6.45) is 0. The van der Waals surface area contributed by atoms with Gasteiger partial charge in [-0.05, 0) is 138 Å². The molecule has 0 saturated carbocycles. The highest BCUT2D eigenvalue weighted by molar-refractivity contribution is 7.00. The van der Waals surface area contributed by atoms with Crippen molar-refractivity contribution in [3.63, 3.8) is 0 Å². The normalized spacial score (nSPS) is 14.2. The molecule has 2 aliphatic carbocycles. The van der Waals surface area contributed by atoms with Crippen LogP contribution in [0.2, 0.25) is 0 Å². The lowest BCUT2D eigenvalue weighted by atomic mass is 9.34. The third kappa shape index (κ3) is 5.56. The Balaban J connectivity index is 0.765. The Morgan fingerprint density at radius 3 is 0.978 bits per heavy atom. The van der Waals surface area contributed by atoms with Gasteiger partial charge in [-0.25, -0.2) is 0 Å². The van der Waals surface area contributed by atoms with Gasteiger partial charge in [-0.1, -0.05) is 206 Å². The number of fused-ring (bicyclic) bond motifs is 30. The van der Waals surface area contributed by atoms with Crippen molar-refractivity contribution >= 4 is 133 Å². The van der Waals surface area contributed by atoms with Crippen LogP contribution >= 0.6 is 0 Å². The van der Waals surface area contributed by atoms with Gasteiger partial charge in [0.1, 0.15) is 23.0 Å². The summed E-state index contributed by atoms with van der Waals surface area (Å²) in [6.45, 7) is -0.222. The predicted octanol–water partition coefficient (Wildman–Crippen LogP) is 16.3. The SMILES string of the molecule is c1ccc2c(c1)-c1cc3c(cc1C21c2ccccc2-c2cc4c(cc21)Oc1cc(-n2c5ccccc5c5ccccc52)cc2c1B4c1cccc4c5ccccc5n-2c14)Oc1cc(-n2c4ccccc4c4ccccc42)cc2c1B3c1cccc3c4ccccc4n-2c13. The number of hydrogen-bond donors (Lipinski definition) is 0. The molecule has 6 nitrogen and oxygen atoms in total. The minimum Gasteiger partial charge on any atom is -0.458 e. The second-order valence-corrected chi connectivity index (χ2v) is 26.5. The molecule has 93 heavy (non-hydrogen) atoms. The highest BCUT2D eigenvalue weighted by Crippen LogP contribution is 2.64. The van der Waals surface area contributed by atoms with Crippen LogP contribution in [0.4, 0.5) is 0 Å². The summed E-state index contributed by atoms with van der Waals surface area (Å²) in [7, 11) is 0. The number of aromatic nitrogens is 4. The molecule has 0 amide bonds. The van der Waals surface area contributed by atoms with E-state index in [4.69, 9.17) is 9.47 Å². The lowest BCUT2D eigenvalue weighted by Gasteiger charge is -2.36. The monoisotopic (exact) mass is 1180 g/mol. The molecule has 0 fully saturated rings. The number of ether oxygens (including phenoxy) is 2. The van der Waals surface area contributed by atoms with Gasteiger partial charge in [-0.15, -0.1) is 0 Å². The smallest absolute Gasteiger partial charge is 0.256 e. The molecule has 0 bridgehead atoms. The van der Waals surface area contributed by atoms with Crippen molar-refractivity contribution in [2.24, 2.45) is 0 Å². The van der Waals surface area contributed by atoms with Crippen LogP contribution in [0.15, 0.2) is 279 Å². The lowest BCUT2D eigenvalue weighted by Crippen LogP contribution is -2.58. The first-order valence-corrected chi connectivity index (χ1v) is 32.5. The molecule has 0 N–H and O–H groups in total. The van der Waals surface area contributed by atoms with Crippen LogP contribution < -0.4 is 42.3 Å². The van der Waals surface area contributed by atoms with Crippen LogP contribution in [-0.4, -0.2) is 31.7 Å². The first-order valence-electron chi connectivity index (χ1n) is 32.5. The minimum atomic E-state index is -0.723. The molecule has 0 atom stereocenters. The Bertz CT molecular complexity index is 6110. The molecule has 24 rings (SSSR count). The fourth-order valence-electron chi connectivity index (χ4n) is 19.1. The Morgan fingerprint density at radius 1 is 0.247 bits per heavy atom. The number of benzene rings is 14. The van der Waals surface area contributed by atoms with E-state index in [9.17, 15) is 0 Å². The van der Waals surface area contributed by atoms with Gasteiger partial charge in [0, 0.05) is 77.6 Å². The van der Waals surface area contributed by atoms with Gasteiger partial charge in [-0.3, -0.25) is 0 Å². The van der Waals surface area contributed by atoms with Crippen LogP contribution in [0.1, 0.15) is 22.3 Å². The molecule has 1 spiro atoms. The third-order valence-electron chi connectivity index (χ3n) is 22.4. The zero-order valence-electron chi connectivity index (χ0n) is 49.8. The summed E-state index contributed by atoms with van der Waals surface area (Å²) in [5, 5.41) is 9.92. The lowest BCUT2D eigenvalue weighted by molar-refractivity contribution is 0.484. The van der Waals surface area contributed by atoms with Crippen LogP contribution in [0.5, 0.6) is 23.0 Å². The van der Waals surface area contributed by atoms with Gasteiger partial charge < -0.3 is 27.7 Å². The maximum atomic E-state index is 7.78. The molecule has 8 heterocycles. The van der Waals surface area contributed by atoms with Gasteiger partial charge in [-0.2, -0.15) is 0 Å². The molecular formula is C85H46B2N4O2. The summed E-state index contributed by atoms with van der Waals surface area (Å²) in [4.78, 5) is 0. The summed E-state index contributed by atoms with van der Waals surface area (Å²) in [5.74, 6) is 3.52. The minimum absolute atomic E-state index is 0.111. The van der Waals surface area contributed by atoms with Crippen molar-refractivity contribution in [1.82, 2.24) is 18.3 Å². The summed E-state index contributed by atoms with van der Waals surface area (Å²) < 4.78 is 25.5. The molecule has 0 radical (unpaired) electrons. The first kappa shape index (κ1) is 47.9. The van der Waals surface area contributed by atoms with E-state index in [2.05, 4.69) is 297 Å². The highest BCUT2D eigenvalue weighted by Gasteiger charge is 2.55. The molecule has 14 aromatic carbocycles. The maximum Gasteiger partial charge on any atom is 0.256 e. The van der Waals surface area contributed by atoms with E-state index < -0.39 is 5.41 Å². The quantitative estimate of drug-likeness (QED) is 0.162. The van der Waals surface area contributed by atoms with Gasteiger partial charge in [0.15, 0.2) is 0 Å². The van der Waals surface area contributed by atoms with Crippen molar-refractivity contribution in [3.8, 4) is 68.0 Å². The predicted molar refractivity (Wildman–Crippen MR) is 382 cm³/mol. The molecule has 6 aliphatic rings. The van der Waals surface area contributed by atoms with Crippen LogP contribution in [0.3, 0.4) is 0 Å². The van der Waals surface area contributed by atoms with Crippen molar-refractivity contribution < 1.29 is 9.47 Å². The highest BCUT2D eigenvalue weighted by atomic mass is 16.5. The third-order valence-corrected chi connectivity index (χ3v) is 22.4. The molecule has 0 saturated heterocycles. The molecule has 4 aromatic heterocycles. The fourth-order valence-corrected chi connectivity index (χ4v) is 19.1. The Kier molecular flexibility index (Phi) is 8.50. The van der Waals surface area contributed by atoms with Crippen molar-refractivity contribution in [3.05, 3.63) is 301 Å². The summed E-state index contributed by atoms with van der Waals surface area (Å²) >= 11 is 0. The van der Waals surface area contributed by atoms with E-state index in [1.807, 2.05) is 0 Å². The number of para-hydroxylation sites is 8. The second-order valence-electron chi connectivity index (χ2n) is 26.5. The van der Waals surface area contributed by atoms with Crippen molar-refractivity contribution in [1.29, 1.82) is 0 Å². The van der Waals surface area contributed by atoms with E-state index >= 15 is 0 Å². The standard InChI is InChI=1S/C85H46B2N4O2/c1-9-29-61-49(19-1)59-43-67-77(92-79-41-47(88-69-33-11-3-21-51(69)52-22-4-12-34-70(52)88)39-75-81(79)86(67)65-31-17-27-57-55-25-7-15-37-73(55)90(75)83(57)65)45-63(59)85(61)62-30-10-2-20-50(62)60-44-68-78(46-64(60)85)93-80-42-48(89-71-35-13-5-23-53(71)54-24-6-14-36-72(54)89)40-76-82(80)87(68)66-32-18-28-58-56-26-8-16-38-74(56)91(76)84(58)66/h1-46H. The zero-order chi connectivity index (χ0) is 59.8. The van der Waals surface area contributed by atoms with E-state index in [0.29, 0.717) is 0 Å².